The monoisotopic (exact) mass is 312 g/mol. The fraction of sp³-hybridized carbons (Fsp3) is 0.500. The highest BCUT2D eigenvalue weighted by molar-refractivity contribution is 7.86. The molecular formula is C16H24O4S. The number of allylic oxidation sites excluding steroid dienone is 1. The molecule has 5 heteroatoms. The maximum atomic E-state index is 11.9. The third kappa shape index (κ3) is 6.89. The first-order chi connectivity index (χ1) is 9.95. The Kier molecular flexibility index (Phi) is 7.64. The van der Waals surface area contributed by atoms with Crippen LogP contribution >= 0.6 is 0 Å². The van der Waals surface area contributed by atoms with Gasteiger partial charge in [0.15, 0.2) is 0 Å². The average Bonchev–Trinajstić information content (AvgIpc) is 2.45. The number of rotatable bonds is 9. The topological polar surface area (TPSA) is 63.6 Å². The van der Waals surface area contributed by atoms with Crippen LogP contribution in [0.3, 0.4) is 0 Å². The van der Waals surface area contributed by atoms with Gasteiger partial charge in [-0.25, -0.2) is 0 Å². The molecule has 118 valence electrons. The second-order valence-corrected chi connectivity index (χ2v) is 6.66. The van der Waals surface area contributed by atoms with Crippen LogP contribution in [0.5, 0.6) is 0 Å². The second kappa shape index (κ2) is 8.97. The van der Waals surface area contributed by atoms with E-state index in [0.717, 1.165) is 31.2 Å². The molecule has 0 saturated carbocycles. The standard InChI is InChI=1S/C16H24O4S/c1-3-4-5-6-7-8-15(17)13-20-21(18,19)16-11-9-14(2)10-12-16/h7-12,15,17H,3-6,13H2,1-2H3/b8-7-/t15-/m0/s1. The molecule has 0 bridgehead atoms. The zero-order valence-electron chi connectivity index (χ0n) is 12.7. The van der Waals surface area contributed by atoms with Crippen molar-refractivity contribution in [2.45, 2.75) is 50.5 Å². The molecular weight excluding hydrogens is 288 g/mol. The van der Waals surface area contributed by atoms with Crippen LogP contribution in [0.15, 0.2) is 41.3 Å². The largest absolute Gasteiger partial charge is 0.387 e. The number of hydrogen-bond donors (Lipinski definition) is 1. The van der Waals surface area contributed by atoms with Gasteiger partial charge in [0.2, 0.25) is 0 Å². The highest BCUT2D eigenvalue weighted by Gasteiger charge is 2.16. The van der Waals surface area contributed by atoms with E-state index in [1.54, 1.807) is 18.2 Å². The van der Waals surface area contributed by atoms with E-state index < -0.39 is 16.2 Å². The van der Waals surface area contributed by atoms with Crippen LogP contribution in [0, 0.1) is 6.92 Å². The summed E-state index contributed by atoms with van der Waals surface area (Å²) >= 11 is 0. The minimum absolute atomic E-state index is 0.104. The molecule has 1 N–H and O–H groups in total. The SMILES string of the molecule is CCCCC/C=C\[C@H](O)COS(=O)(=O)c1ccc(C)cc1. The third-order valence-electron chi connectivity index (χ3n) is 3.04. The lowest BCUT2D eigenvalue weighted by Crippen LogP contribution is -2.17. The number of unbranched alkanes of at least 4 members (excludes halogenated alkanes) is 3. The molecule has 0 aromatic heterocycles. The van der Waals surface area contributed by atoms with Crippen molar-refractivity contribution in [3.63, 3.8) is 0 Å². The second-order valence-electron chi connectivity index (χ2n) is 5.04. The van der Waals surface area contributed by atoms with Crippen molar-refractivity contribution in [3.8, 4) is 0 Å². The Hall–Kier alpha value is -1.17. The zero-order chi connectivity index (χ0) is 15.7. The Bertz CT molecular complexity index is 532. The number of aryl methyl sites for hydroxylation is 1. The van der Waals surface area contributed by atoms with Crippen molar-refractivity contribution in [3.05, 3.63) is 42.0 Å². The van der Waals surface area contributed by atoms with Gasteiger partial charge in [-0.1, -0.05) is 49.6 Å². The Morgan fingerprint density at radius 1 is 1.24 bits per heavy atom. The van der Waals surface area contributed by atoms with Gasteiger partial charge in [-0.15, -0.1) is 0 Å². The summed E-state index contributed by atoms with van der Waals surface area (Å²) in [5.41, 5.74) is 0.976. The van der Waals surface area contributed by atoms with Crippen LogP contribution in [0.1, 0.15) is 38.2 Å². The van der Waals surface area contributed by atoms with Crippen LogP contribution < -0.4 is 0 Å². The maximum absolute atomic E-state index is 11.9. The van der Waals surface area contributed by atoms with Gasteiger partial charge in [0.05, 0.1) is 17.6 Å². The van der Waals surface area contributed by atoms with Gasteiger partial charge in [-0.05, 0) is 31.9 Å². The van der Waals surface area contributed by atoms with Gasteiger partial charge < -0.3 is 5.11 Å². The van der Waals surface area contributed by atoms with Crippen LogP contribution in [-0.2, 0) is 14.3 Å². The van der Waals surface area contributed by atoms with Crippen molar-refractivity contribution < 1.29 is 17.7 Å². The van der Waals surface area contributed by atoms with Gasteiger partial charge in [-0.3, -0.25) is 4.18 Å². The van der Waals surface area contributed by atoms with E-state index in [1.165, 1.54) is 12.1 Å². The molecule has 21 heavy (non-hydrogen) atoms. The average molecular weight is 312 g/mol. The number of aliphatic hydroxyl groups is 1. The maximum Gasteiger partial charge on any atom is 0.297 e. The molecule has 1 aromatic rings. The van der Waals surface area contributed by atoms with Crippen molar-refractivity contribution in [2.75, 3.05) is 6.61 Å². The Labute approximate surface area is 127 Å². The molecule has 0 aliphatic rings. The van der Waals surface area contributed by atoms with Gasteiger partial charge in [0.1, 0.15) is 0 Å². The summed E-state index contributed by atoms with van der Waals surface area (Å²) in [7, 11) is -3.81. The van der Waals surface area contributed by atoms with E-state index in [2.05, 4.69) is 6.92 Å². The highest BCUT2D eigenvalue weighted by Crippen LogP contribution is 2.13. The van der Waals surface area contributed by atoms with E-state index in [9.17, 15) is 13.5 Å². The molecule has 4 nitrogen and oxygen atoms in total. The number of hydrogen-bond acceptors (Lipinski definition) is 4. The zero-order valence-corrected chi connectivity index (χ0v) is 13.5. The molecule has 0 saturated heterocycles. The molecule has 0 heterocycles. The lowest BCUT2D eigenvalue weighted by atomic mass is 10.2. The lowest BCUT2D eigenvalue weighted by Gasteiger charge is -2.08. The third-order valence-corrected chi connectivity index (χ3v) is 4.33. The van der Waals surface area contributed by atoms with E-state index in [-0.39, 0.29) is 11.5 Å². The molecule has 1 aromatic carbocycles. The summed E-state index contributed by atoms with van der Waals surface area (Å²) < 4.78 is 28.7. The summed E-state index contributed by atoms with van der Waals surface area (Å²) in [5.74, 6) is 0. The normalized spacial score (nSPS) is 13.7. The smallest absolute Gasteiger partial charge is 0.297 e. The van der Waals surface area contributed by atoms with Crippen molar-refractivity contribution in [1.29, 1.82) is 0 Å². The fourth-order valence-corrected chi connectivity index (χ4v) is 2.68. The van der Waals surface area contributed by atoms with Gasteiger partial charge in [0, 0.05) is 0 Å². The molecule has 0 amide bonds. The summed E-state index contributed by atoms with van der Waals surface area (Å²) in [6.45, 7) is 3.74. The number of aliphatic hydroxyl groups excluding tert-OH is 1. The molecule has 0 spiro atoms. The Morgan fingerprint density at radius 2 is 1.90 bits per heavy atom. The van der Waals surface area contributed by atoms with Crippen LogP contribution in [0.25, 0.3) is 0 Å². The quantitative estimate of drug-likeness (QED) is 0.432. The van der Waals surface area contributed by atoms with Gasteiger partial charge in [0.25, 0.3) is 10.1 Å². The molecule has 0 aliphatic heterocycles. The molecule has 0 aliphatic carbocycles. The molecule has 1 atom stereocenters. The minimum Gasteiger partial charge on any atom is -0.387 e. The fourth-order valence-electron chi connectivity index (χ4n) is 1.75. The first-order valence-corrected chi connectivity index (χ1v) is 8.67. The first-order valence-electron chi connectivity index (χ1n) is 7.26. The van der Waals surface area contributed by atoms with Crippen molar-refractivity contribution in [1.82, 2.24) is 0 Å². The van der Waals surface area contributed by atoms with Gasteiger partial charge >= 0.3 is 0 Å². The first kappa shape index (κ1) is 17.9. The van der Waals surface area contributed by atoms with Crippen LogP contribution in [0.4, 0.5) is 0 Å². The summed E-state index contributed by atoms with van der Waals surface area (Å²) in [6, 6.07) is 6.41. The van der Waals surface area contributed by atoms with E-state index in [1.807, 2.05) is 13.0 Å². The van der Waals surface area contributed by atoms with Crippen molar-refractivity contribution >= 4 is 10.1 Å². The number of benzene rings is 1. The van der Waals surface area contributed by atoms with E-state index >= 15 is 0 Å². The van der Waals surface area contributed by atoms with E-state index in [0.29, 0.717) is 0 Å². The molecule has 1 rings (SSSR count). The molecule has 0 unspecified atom stereocenters. The molecule has 0 radical (unpaired) electrons. The van der Waals surface area contributed by atoms with Gasteiger partial charge in [-0.2, -0.15) is 8.42 Å². The molecule has 0 fully saturated rings. The Morgan fingerprint density at radius 3 is 2.52 bits per heavy atom. The van der Waals surface area contributed by atoms with Crippen LogP contribution in [0.2, 0.25) is 0 Å². The summed E-state index contributed by atoms with van der Waals surface area (Å²) in [5, 5.41) is 9.68. The predicted octanol–water partition coefficient (Wildman–Crippen LogP) is 3.20. The van der Waals surface area contributed by atoms with Crippen LogP contribution in [-0.4, -0.2) is 26.2 Å². The minimum atomic E-state index is -3.81. The highest BCUT2D eigenvalue weighted by atomic mass is 32.2. The van der Waals surface area contributed by atoms with E-state index in [4.69, 9.17) is 4.18 Å². The predicted molar refractivity (Wildman–Crippen MR) is 83.6 cm³/mol. The lowest BCUT2D eigenvalue weighted by molar-refractivity contribution is 0.147. The summed E-state index contributed by atoms with van der Waals surface area (Å²) in [4.78, 5) is 0.104. The van der Waals surface area contributed by atoms with Crippen molar-refractivity contribution in [2.24, 2.45) is 0 Å². The Balaban J connectivity index is 2.44. The summed E-state index contributed by atoms with van der Waals surface area (Å²) in [6.07, 6.45) is 6.79.